The molecule has 1 amide bonds. The second kappa shape index (κ2) is 3.55. The van der Waals surface area contributed by atoms with Gasteiger partial charge in [0.15, 0.2) is 0 Å². The van der Waals surface area contributed by atoms with Crippen molar-refractivity contribution in [3.8, 4) is 0 Å². The first kappa shape index (κ1) is 9.76. The summed E-state index contributed by atoms with van der Waals surface area (Å²) >= 11 is 0. The first-order chi connectivity index (χ1) is 8.24. The molecular weight excluding hydrogens is 222 g/mol. The Kier molecular flexibility index (Phi) is 2.04. The molecule has 0 saturated heterocycles. The molecule has 0 fully saturated rings. The monoisotopic (exact) mass is 231 g/mol. The molecule has 3 heterocycles. The molecule has 7 heteroatoms. The van der Waals surface area contributed by atoms with Gasteiger partial charge in [-0.05, 0) is 0 Å². The number of anilines is 1. The molecule has 17 heavy (non-hydrogen) atoms. The Hall–Kier alpha value is -2.44. The number of nitrogens with two attached hydrogens (primary N) is 1. The summed E-state index contributed by atoms with van der Waals surface area (Å²) in [5.41, 5.74) is 7.18. The summed E-state index contributed by atoms with van der Waals surface area (Å²) in [7, 11) is 0. The third-order valence-corrected chi connectivity index (χ3v) is 2.61. The van der Waals surface area contributed by atoms with Crippen LogP contribution in [0.3, 0.4) is 0 Å². The number of rotatable bonds is 1. The maximum atomic E-state index is 12.0. The van der Waals surface area contributed by atoms with E-state index in [9.17, 15) is 4.79 Å². The molecule has 0 aromatic carbocycles. The fourth-order valence-corrected chi connectivity index (χ4v) is 1.79. The number of carbonyl (C=O) groups is 1. The SMILES string of the molecule is Nc1ncc2c(n1)CN(C(=O)c1ccno1)C2. The minimum Gasteiger partial charge on any atom is -0.368 e. The van der Waals surface area contributed by atoms with Gasteiger partial charge in [-0.1, -0.05) is 5.16 Å². The highest BCUT2D eigenvalue weighted by Gasteiger charge is 2.27. The van der Waals surface area contributed by atoms with Crippen LogP contribution < -0.4 is 5.73 Å². The van der Waals surface area contributed by atoms with Crippen molar-refractivity contribution in [2.75, 3.05) is 5.73 Å². The van der Waals surface area contributed by atoms with Crippen LogP contribution in [0.25, 0.3) is 0 Å². The Morgan fingerprint density at radius 2 is 2.35 bits per heavy atom. The third-order valence-electron chi connectivity index (χ3n) is 2.61. The van der Waals surface area contributed by atoms with E-state index in [1.165, 1.54) is 12.3 Å². The second-order valence-corrected chi connectivity index (χ2v) is 3.74. The molecule has 2 N–H and O–H groups in total. The average Bonchev–Trinajstić information content (AvgIpc) is 2.96. The van der Waals surface area contributed by atoms with Crippen molar-refractivity contribution in [1.29, 1.82) is 0 Å². The number of nitrogen functional groups attached to an aromatic ring is 1. The van der Waals surface area contributed by atoms with E-state index in [2.05, 4.69) is 15.1 Å². The number of aromatic nitrogens is 3. The lowest BCUT2D eigenvalue weighted by Crippen LogP contribution is -2.24. The molecule has 0 atom stereocenters. The summed E-state index contributed by atoms with van der Waals surface area (Å²) in [5, 5.41) is 3.51. The van der Waals surface area contributed by atoms with Crippen LogP contribution in [0, 0.1) is 0 Å². The van der Waals surface area contributed by atoms with Crippen LogP contribution in [-0.2, 0) is 13.1 Å². The molecule has 0 saturated carbocycles. The van der Waals surface area contributed by atoms with Crippen molar-refractivity contribution in [1.82, 2.24) is 20.0 Å². The summed E-state index contributed by atoms with van der Waals surface area (Å²) < 4.78 is 4.83. The lowest BCUT2D eigenvalue weighted by Gasteiger charge is -2.11. The number of amides is 1. The first-order valence-electron chi connectivity index (χ1n) is 5.04. The first-order valence-corrected chi connectivity index (χ1v) is 5.04. The zero-order valence-corrected chi connectivity index (χ0v) is 8.83. The fourth-order valence-electron chi connectivity index (χ4n) is 1.79. The van der Waals surface area contributed by atoms with E-state index in [0.29, 0.717) is 13.1 Å². The van der Waals surface area contributed by atoms with Gasteiger partial charge in [0.1, 0.15) is 0 Å². The van der Waals surface area contributed by atoms with Crippen LogP contribution >= 0.6 is 0 Å². The summed E-state index contributed by atoms with van der Waals surface area (Å²) in [4.78, 5) is 21.6. The van der Waals surface area contributed by atoms with Crippen LogP contribution in [0.4, 0.5) is 5.95 Å². The van der Waals surface area contributed by atoms with Crippen molar-refractivity contribution >= 4 is 11.9 Å². The highest BCUT2D eigenvalue weighted by atomic mass is 16.5. The minimum absolute atomic E-state index is 0.209. The highest BCUT2D eigenvalue weighted by molar-refractivity contribution is 5.91. The molecule has 0 spiro atoms. The van der Waals surface area contributed by atoms with Crippen LogP contribution in [0.5, 0.6) is 0 Å². The standard InChI is InChI=1S/C10H9N5O2/c11-10-12-3-6-4-15(5-7(6)14-10)9(16)8-1-2-13-17-8/h1-3H,4-5H2,(H2,11,12,14). The van der Waals surface area contributed by atoms with Crippen molar-refractivity contribution in [2.24, 2.45) is 0 Å². The van der Waals surface area contributed by atoms with Gasteiger partial charge in [-0.2, -0.15) is 0 Å². The van der Waals surface area contributed by atoms with E-state index < -0.39 is 0 Å². The van der Waals surface area contributed by atoms with E-state index in [0.717, 1.165) is 11.3 Å². The molecule has 0 radical (unpaired) electrons. The molecule has 1 aliphatic heterocycles. The molecule has 3 rings (SSSR count). The topological polar surface area (TPSA) is 98.1 Å². The quantitative estimate of drug-likeness (QED) is 0.752. The van der Waals surface area contributed by atoms with Crippen LogP contribution in [0.1, 0.15) is 21.8 Å². The number of carbonyl (C=O) groups excluding carboxylic acids is 1. The van der Waals surface area contributed by atoms with E-state index >= 15 is 0 Å². The summed E-state index contributed by atoms with van der Waals surface area (Å²) in [5.74, 6) is 0.232. The molecule has 0 unspecified atom stereocenters. The molecule has 0 aliphatic carbocycles. The van der Waals surface area contributed by atoms with Crippen LogP contribution in [0.15, 0.2) is 23.0 Å². The van der Waals surface area contributed by atoms with Crippen molar-refractivity contribution < 1.29 is 9.32 Å². The molecular formula is C10H9N5O2. The lowest BCUT2D eigenvalue weighted by molar-refractivity contribution is 0.0708. The van der Waals surface area contributed by atoms with E-state index in [1.807, 2.05) is 0 Å². The van der Waals surface area contributed by atoms with E-state index in [-0.39, 0.29) is 17.6 Å². The van der Waals surface area contributed by atoms with Crippen LogP contribution in [-0.4, -0.2) is 25.9 Å². The van der Waals surface area contributed by atoms with Crippen LogP contribution in [0.2, 0.25) is 0 Å². The van der Waals surface area contributed by atoms with Gasteiger partial charge in [0.2, 0.25) is 11.7 Å². The fraction of sp³-hybridized carbons (Fsp3) is 0.200. The minimum atomic E-state index is -0.209. The maximum absolute atomic E-state index is 12.0. The molecule has 2 aromatic rings. The van der Waals surface area contributed by atoms with Gasteiger partial charge in [-0.3, -0.25) is 4.79 Å². The average molecular weight is 231 g/mol. The predicted octanol–water partition coefficient (Wildman–Crippen LogP) is 0.203. The zero-order valence-electron chi connectivity index (χ0n) is 8.83. The molecule has 7 nitrogen and oxygen atoms in total. The third kappa shape index (κ3) is 1.61. The number of nitrogens with zero attached hydrogens (tertiary/aromatic N) is 4. The second-order valence-electron chi connectivity index (χ2n) is 3.74. The number of hydrogen-bond acceptors (Lipinski definition) is 6. The predicted molar refractivity (Wildman–Crippen MR) is 56.5 cm³/mol. The van der Waals surface area contributed by atoms with Crippen molar-refractivity contribution in [3.63, 3.8) is 0 Å². The number of fused-ring (bicyclic) bond motifs is 1. The summed E-state index contributed by atoms with van der Waals surface area (Å²) in [6, 6.07) is 1.53. The normalized spacial score (nSPS) is 13.8. The van der Waals surface area contributed by atoms with E-state index in [4.69, 9.17) is 10.3 Å². The smallest absolute Gasteiger partial charge is 0.293 e. The summed E-state index contributed by atoms with van der Waals surface area (Å²) in [6.45, 7) is 0.886. The Labute approximate surface area is 96.2 Å². The number of hydrogen-bond donors (Lipinski definition) is 1. The highest BCUT2D eigenvalue weighted by Crippen LogP contribution is 2.22. The Bertz CT molecular complexity index is 566. The van der Waals surface area contributed by atoms with Crippen molar-refractivity contribution in [2.45, 2.75) is 13.1 Å². The van der Waals surface area contributed by atoms with Gasteiger partial charge in [-0.25, -0.2) is 9.97 Å². The summed E-state index contributed by atoms with van der Waals surface area (Å²) in [6.07, 6.45) is 3.08. The molecule has 0 bridgehead atoms. The van der Waals surface area contributed by atoms with Gasteiger partial charge >= 0.3 is 0 Å². The lowest BCUT2D eigenvalue weighted by atomic mass is 10.3. The molecule has 86 valence electrons. The Morgan fingerprint density at radius 1 is 1.47 bits per heavy atom. The Balaban J connectivity index is 1.85. The Morgan fingerprint density at radius 3 is 3.12 bits per heavy atom. The largest absolute Gasteiger partial charge is 0.368 e. The maximum Gasteiger partial charge on any atom is 0.293 e. The molecule has 1 aliphatic rings. The van der Waals surface area contributed by atoms with Crippen molar-refractivity contribution in [3.05, 3.63) is 35.5 Å². The zero-order chi connectivity index (χ0) is 11.8. The van der Waals surface area contributed by atoms with Gasteiger partial charge in [0.25, 0.3) is 5.91 Å². The van der Waals surface area contributed by atoms with Gasteiger partial charge in [0, 0.05) is 24.4 Å². The van der Waals surface area contributed by atoms with Gasteiger partial charge in [-0.15, -0.1) is 0 Å². The van der Waals surface area contributed by atoms with E-state index in [1.54, 1.807) is 11.1 Å². The van der Waals surface area contributed by atoms with Gasteiger partial charge in [0.05, 0.1) is 18.4 Å². The van der Waals surface area contributed by atoms with Gasteiger partial charge < -0.3 is 15.2 Å². The molecule has 2 aromatic heterocycles.